The number of hydrogen-bond donors (Lipinski definition) is 0. The molecule has 116 valence electrons. The van der Waals surface area contributed by atoms with Crippen molar-refractivity contribution in [2.45, 2.75) is 20.8 Å². The van der Waals surface area contributed by atoms with E-state index in [-0.39, 0.29) is 5.91 Å². The second-order valence-electron chi connectivity index (χ2n) is 5.67. The van der Waals surface area contributed by atoms with Crippen molar-refractivity contribution in [2.24, 2.45) is 0 Å². The third-order valence-electron chi connectivity index (χ3n) is 3.80. The van der Waals surface area contributed by atoms with Crippen molar-refractivity contribution in [1.29, 1.82) is 0 Å². The highest BCUT2D eigenvalue weighted by atomic mass is 32.2. The third kappa shape index (κ3) is 3.09. The zero-order valence-electron chi connectivity index (χ0n) is 13.3. The van der Waals surface area contributed by atoms with Crippen LogP contribution in [0.4, 0.5) is 5.69 Å². The third-order valence-corrected chi connectivity index (χ3v) is 5.10. The van der Waals surface area contributed by atoms with Gasteiger partial charge in [0.1, 0.15) is 0 Å². The van der Waals surface area contributed by atoms with Gasteiger partial charge in [0.25, 0.3) is 5.91 Å². The molecule has 2 aromatic rings. The lowest BCUT2D eigenvalue weighted by Crippen LogP contribution is -2.29. The Balaban J connectivity index is 2.01. The number of rotatable bonds is 2. The Morgan fingerprint density at radius 1 is 1.04 bits per heavy atom. The van der Waals surface area contributed by atoms with Crippen LogP contribution in [0, 0.1) is 20.8 Å². The van der Waals surface area contributed by atoms with Crippen LogP contribution in [-0.4, -0.2) is 10.2 Å². The van der Waals surface area contributed by atoms with E-state index < -0.39 is 0 Å². The minimum atomic E-state index is -0.0427. The summed E-state index contributed by atoms with van der Waals surface area (Å²) in [7, 11) is 0. The Kier molecular flexibility index (Phi) is 4.37. The average molecular weight is 339 g/mol. The average Bonchev–Trinajstić information content (AvgIpc) is 2.75. The number of nitrogens with zero attached hydrogens (tertiary/aromatic N) is 1. The quantitative estimate of drug-likeness (QED) is 0.566. The summed E-state index contributed by atoms with van der Waals surface area (Å²) in [6, 6.07) is 14.1. The number of anilines is 1. The molecule has 4 heteroatoms. The standard InChI is InChI=1S/C19H17NOS2/c1-12-6-4-9-15(10-12)11-16-18(21)20(19(22)23-16)17-13(2)7-5-8-14(17)3/h4-11H,1-3H3/b16-11-. The molecule has 1 aliphatic heterocycles. The lowest BCUT2D eigenvalue weighted by Gasteiger charge is -2.19. The van der Waals surface area contributed by atoms with E-state index in [4.69, 9.17) is 12.2 Å². The minimum absolute atomic E-state index is 0.0427. The molecule has 0 spiro atoms. The maximum absolute atomic E-state index is 12.9. The van der Waals surface area contributed by atoms with Gasteiger partial charge in [-0.3, -0.25) is 9.69 Å². The van der Waals surface area contributed by atoms with E-state index in [2.05, 4.69) is 6.07 Å². The van der Waals surface area contributed by atoms with Crippen LogP contribution in [0.5, 0.6) is 0 Å². The number of thiocarbonyl (C=S) groups is 1. The van der Waals surface area contributed by atoms with Gasteiger partial charge in [-0.15, -0.1) is 0 Å². The molecular weight excluding hydrogens is 322 g/mol. The summed E-state index contributed by atoms with van der Waals surface area (Å²) in [6.07, 6.45) is 1.92. The Labute approximate surface area is 146 Å². The lowest BCUT2D eigenvalue weighted by molar-refractivity contribution is -0.113. The predicted molar refractivity (Wildman–Crippen MR) is 103 cm³/mol. The Hall–Kier alpha value is -1.91. The van der Waals surface area contributed by atoms with E-state index in [1.165, 1.54) is 17.3 Å². The van der Waals surface area contributed by atoms with Crippen LogP contribution in [-0.2, 0) is 4.79 Å². The summed E-state index contributed by atoms with van der Waals surface area (Å²) in [5, 5.41) is 0. The Morgan fingerprint density at radius 3 is 2.35 bits per heavy atom. The normalized spacial score (nSPS) is 16.5. The summed E-state index contributed by atoms with van der Waals surface area (Å²) in [5.74, 6) is -0.0427. The van der Waals surface area contributed by atoms with Crippen LogP contribution >= 0.6 is 24.0 Å². The Bertz CT molecular complexity index is 819. The maximum atomic E-state index is 12.9. The summed E-state index contributed by atoms with van der Waals surface area (Å²) in [5.41, 5.74) is 5.20. The van der Waals surface area contributed by atoms with Crippen molar-refractivity contribution < 1.29 is 4.79 Å². The van der Waals surface area contributed by atoms with Crippen molar-refractivity contribution in [1.82, 2.24) is 0 Å². The topological polar surface area (TPSA) is 20.3 Å². The summed E-state index contributed by atoms with van der Waals surface area (Å²) >= 11 is 6.83. The predicted octanol–water partition coefficient (Wildman–Crippen LogP) is 5.02. The molecule has 1 aliphatic rings. The van der Waals surface area contributed by atoms with Gasteiger partial charge in [-0.1, -0.05) is 72.0 Å². The molecule has 0 N–H and O–H groups in total. The molecule has 0 saturated carbocycles. The van der Waals surface area contributed by atoms with Gasteiger partial charge in [0.15, 0.2) is 4.32 Å². The van der Waals surface area contributed by atoms with Gasteiger partial charge in [-0.25, -0.2) is 0 Å². The number of carbonyl (C=O) groups is 1. The number of para-hydroxylation sites is 1. The SMILES string of the molecule is Cc1cccc(/C=C2\SC(=S)N(c3c(C)cccc3C)C2=O)c1. The van der Waals surface area contributed by atoms with E-state index >= 15 is 0 Å². The van der Waals surface area contributed by atoms with Crippen molar-refractivity contribution in [3.8, 4) is 0 Å². The molecular formula is C19H17NOS2. The van der Waals surface area contributed by atoms with Gasteiger partial charge in [0.05, 0.1) is 10.6 Å². The molecule has 0 aromatic heterocycles. The lowest BCUT2D eigenvalue weighted by atomic mass is 10.1. The molecule has 0 unspecified atom stereocenters. The number of amides is 1. The first kappa shape index (κ1) is 16.0. The fourth-order valence-corrected chi connectivity index (χ4v) is 4.00. The van der Waals surface area contributed by atoms with Crippen molar-refractivity contribution in [3.05, 3.63) is 69.6 Å². The van der Waals surface area contributed by atoms with Crippen molar-refractivity contribution >= 4 is 46.0 Å². The summed E-state index contributed by atoms with van der Waals surface area (Å²) in [6.45, 7) is 6.05. The van der Waals surface area contributed by atoms with Crippen molar-refractivity contribution in [2.75, 3.05) is 4.90 Å². The molecule has 1 heterocycles. The van der Waals surface area contributed by atoms with Crippen LogP contribution in [0.25, 0.3) is 6.08 Å². The number of hydrogen-bond acceptors (Lipinski definition) is 3. The van der Waals surface area contributed by atoms with E-state index in [9.17, 15) is 4.79 Å². The highest BCUT2D eigenvalue weighted by molar-refractivity contribution is 8.27. The van der Waals surface area contributed by atoms with Crippen LogP contribution < -0.4 is 4.90 Å². The highest BCUT2D eigenvalue weighted by Crippen LogP contribution is 2.38. The fraction of sp³-hybridized carbons (Fsp3) is 0.158. The van der Waals surface area contributed by atoms with E-state index in [0.29, 0.717) is 9.23 Å². The molecule has 2 nitrogen and oxygen atoms in total. The molecule has 1 fully saturated rings. The van der Waals surface area contributed by atoms with E-state index in [1.807, 2.05) is 63.2 Å². The molecule has 23 heavy (non-hydrogen) atoms. The number of benzene rings is 2. The first-order chi connectivity index (χ1) is 11.0. The summed E-state index contributed by atoms with van der Waals surface area (Å²) in [4.78, 5) is 15.2. The van der Waals surface area contributed by atoms with Crippen LogP contribution in [0.1, 0.15) is 22.3 Å². The number of aryl methyl sites for hydroxylation is 3. The number of carbonyl (C=O) groups excluding carboxylic acids is 1. The molecule has 3 rings (SSSR count). The molecule has 0 bridgehead atoms. The molecule has 1 amide bonds. The fourth-order valence-electron chi connectivity index (χ4n) is 2.73. The zero-order valence-corrected chi connectivity index (χ0v) is 14.9. The second kappa shape index (κ2) is 6.30. The van der Waals surface area contributed by atoms with Crippen LogP contribution in [0.15, 0.2) is 47.4 Å². The highest BCUT2D eigenvalue weighted by Gasteiger charge is 2.34. The zero-order chi connectivity index (χ0) is 16.6. The van der Waals surface area contributed by atoms with Crippen LogP contribution in [0.2, 0.25) is 0 Å². The van der Waals surface area contributed by atoms with Gasteiger partial charge >= 0.3 is 0 Å². The van der Waals surface area contributed by atoms with Gasteiger partial charge in [0.2, 0.25) is 0 Å². The number of thioether (sulfide) groups is 1. The smallest absolute Gasteiger partial charge is 0.268 e. The van der Waals surface area contributed by atoms with E-state index in [0.717, 1.165) is 22.4 Å². The molecule has 1 saturated heterocycles. The summed E-state index contributed by atoms with van der Waals surface area (Å²) < 4.78 is 0.589. The molecule has 0 aliphatic carbocycles. The molecule has 0 atom stereocenters. The molecule has 2 aromatic carbocycles. The van der Waals surface area contributed by atoms with Gasteiger partial charge in [0, 0.05) is 0 Å². The van der Waals surface area contributed by atoms with Gasteiger partial charge in [-0.2, -0.15) is 0 Å². The first-order valence-corrected chi connectivity index (χ1v) is 8.60. The van der Waals surface area contributed by atoms with Crippen LogP contribution in [0.3, 0.4) is 0 Å². The Morgan fingerprint density at radius 2 is 1.70 bits per heavy atom. The largest absolute Gasteiger partial charge is 0.270 e. The maximum Gasteiger partial charge on any atom is 0.270 e. The second-order valence-corrected chi connectivity index (χ2v) is 7.35. The van der Waals surface area contributed by atoms with Crippen molar-refractivity contribution in [3.63, 3.8) is 0 Å². The monoisotopic (exact) mass is 339 g/mol. The van der Waals surface area contributed by atoms with Gasteiger partial charge in [-0.05, 0) is 43.5 Å². The van der Waals surface area contributed by atoms with E-state index in [1.54, 1.807) is 4.90 Å². The molecule has 0 radical (unpaired) electrons. The minimum Gasteiger partial charge on any atom is -0.268 e. The first-order valence-electron chi connectivity index (χ1n) is 7.38. The van der Waals surface area contributed by atoms with Gasteiger partial charge < -0.3 is 0 Å².